The van der Waals surface area contributed by atoms with E-state index in [1.807, 2.05) is 18.2 Å². The van der Waals surface area contributed by atoms with E-state index in [1.54, 1.807) is 6.07 Å². The highest BCUT2D eigenvalue weighted by molar-refractivity contribution is 5.38. The maximum Gasteiger partial charge on any atom is 0.142 e. The largest absolute Gasteiger partial charge is 0.393 e. The normalized spacial score (nSPS) is 24.0. The van der Waals surface area contributed by atoms with Crippen LogP contribution in [0.15, 0.2) is 18.2 Å². The van der Waals surface area contributed by atoms with Crippen LogP contribution in [0.2, 0.25) is 0 Å². The van der Waals surface area contributed by atoms with Crippen molar-refractivity contribution >= 4 is 5.82 Å². The monoisotopic (exact) mass is 231 g/mol. The van der Waals surface area contributed by atoms with Gasteiger partial charge in [-0.15, -0.1) is 0 Å². The van der Waals surface area contributed by atoms with Crippen LogP contribution in [0, 0.1) is 17.2 Å². The summed E-state index contributed by atoms with van der Waals surface area (Å²) in [4.78, 5) is 4.15. The summed E-state index contributed by atoms with van der Waals surface area (Å²) in [6.07, 6.45) is 4.08. The van der Waals surface area contributed by atoms with Crippen LogP contribution < -0.4 is 5.32 Å². The minimum absolute atomic E-state index is 0.199. The lowest BCUT2D eigenvalue weighted by Gasteiger charge is -2.27. The molecule has 4 heteroatoms. The van der Waals surface area contributed by atoms with Crippen molar-refractivity contribution in [1.82, 2.24) is 4.98 Å². The van der Waals surface area contributed by atoms with Crippen molar-refractivity contribution in [2.75, 3.05) is 11.9 Å². The van der Waals surface area contributed by atoms with Crippen LogP contribution in [0.25, 0.3) is 0 Å². The first-order chi connectivity index (χ1) is 8.29. The van der Waals surface area contributed by atoms with Crippen molar-refractivity contribution in [3.63, 3.8) is 0 Å². The number of aromatic nitrogens is 1. The Hall–Kier alpha value is -1.60. The topological polar surface area (TPSA) is 68.9 Å². The number of aliphatic hydroxyl groups excluding tert-OH is 1. The summed E-state index contributed by atoms with van der Waals surface area (Å²) in [6.45, 7) is 0.725. The number of pyridine rings is 1. The van der Waals surface area contributed by atoms with Gasteiger partial charge in [-0.1, -0.05) is 18.9 Å². The van der Waals surface area contributed by atoms with Crippen molar-refractivity contribution in [2.45, 2.75) is 31.8 Å². The third-order valence-electron chi connectivity index (χ3n) is 3.28. The molecule has 2 N–H and O–H groups in total. The predicted molar refractivity (Wildman–Crippen MR) is 65.4 cm³/mol. The molecule has 1 heterocycles. The van der Waals surface area contributed by atoms with Gasteiger partial charge in [0.05, 0.1) is 6.10 Å². The van der Waals surface area contributed by atoms with Crippen LogP contribution in [0.3, 0.4) is 0 Å². The number of nitriles is 1. The first kappa shape index (κ1) is 11.9. The van der Waals surface area contributed by atoms with Crippen LogP contribution in [0.1, 0.15) is 31.4 Å². The van der Waals surface area contributed by atoms with Gasteiger partial charge in [0.25, 0.3) is 0 Å². The first-order valence-electron chi connectivity index (χ1n) is 6.08. The van der Waals surface area contributed by atoms with Crippen LogP contribution in [-0.4, -0.2) is 22.7 Å². The summed E-state index contributed by atoms with van der Waals surface area (Å²) in [6, 6.07) is 7.35. The number of nitrogens with zero attached hydrogens (tertiary/aromatic N) is 2. The average molecular weight is 231 g/mol. The van der Waals surface area contributed by atoms with Gasteiger partial charge in [0.2, 0.25) is 0 Å². The lowest BCUT2D eigenvalue weighted by Crippen LogP contribution is -2.30. The third kappa shape index (κ3) is 3.18. The van der Waals surface area contributed by atoms with E-state index in [4.69, 9.17) is 5.26 Å². The van der Waals surface area contributed by atoms with E-state index >= 15 is 0 Å². The summed E-state index contributed by atoms with van der Waals surface area (Å²) in [5.74, 6) is 1.01. The van der Waals surface area contributed by atoms with Crippen molar-refractivity contribution in [2.24, 2.45) is 5.92 Å². The van der Waals surface area contributed by atoms with Crippen molar-refractivity contribution in [1.29, 1.82) is 5.26 Å². The van der Waals surface area contributed by atoms with Gasteiger partial charge < -0.3 is 10.4 Å². The average Bonchev–Trinajstić information content (AvgIpc) is 2.38. The minimum Gasteiger partial charge on any atom is -0.393 e. The molecule has 1 fully saturated rings. The van der Waals surface area contributed by atoms with E-state index < -0.39 is 0 Å². The SMILES string of the molecule is N#Cc1cccc(NCC2CCCCC2O)n1. The number of hydrogen-bond donors (Lipinski definition) is 2. The van der Waals surface area contributed by atoms with E-state index in [-0.39, 0.29) is 6.10 Å². The molecule has 0 spiro atoms. The second-order valence-corrected chi connectivity index (χ2v) is 4.51. The zero-order valence-corrected chi connectivity index (χ0v) is 9.76. The van der Waals surface area contributed by atoms with Gasteiger partial charge in [-0.2, -0.15) is 5.26 Å². The van der Waals surface area contributed by atoms with Gasteiger partial charge in [-0.25, -0.2) is 4.98 Å². The van der Waals surface area contributed by atoms with Crippen LogP contribution >= 0.6 is 0 Å². The molecular weight excluding hydrogens is 214 g/mol. The molecule has 0 aliphatic heterocycles. The maximum atomic E-state index is 9.83. The van der Waals surface area contributed by atoms with Crippen LogP contribution in [0.4, 0.5) is 5.82 Å². The second kappa shape index (κ2) is 5.65. The van der Waals surface area contributed by atoms with Gasteiger partial charge in [0, 0.05) is 12.5 Å². The van der Waals surface area contributed by atoms with Gasteiger partial charge in [0.1, 0.15) is 17.6 Å². The highest BCUT2D eigenvalue weighted by Gasteiger charge is 2.22. The Morgan fingerprint density at radius 2 is 2.24 bits per heavy atom. The lowest BCUT2D eigenvalue weighted by molar-refractivity contribution is 0.0763. The molecule has 0 radical (unpaired) electrons. The highest BCUT2D eigenvalue weighted by Crippen LogP contribution is 2.24. The summed E-state index contributed by atoms with van der Waals surface area (Å²) >= 11 is 0. The number of anilines is 1. The molecule has 0 aromatic carbocycles. The van der Waals surface area contributed by atoms with Gasteiger partial charge >= 0.3 is 0 Å². The molecule has 2 rings (SSSR count). The predicted octanol–water partition coefficient (Wildman–Crippen LogP) is 1.92. The molecule has 0 saturated heterocycles. The molecule has 1 aliphatic carbocycles. The summed E-state index contributed by atoms with van der Waals surface area (Å²) in [5.41, 5.74) is 0.416. The molecule has 90 valence electrons. The fraction of sp³-hybridized carbons (Fsp3) is 0.538. The number of nitrogens with one attached hydrogen (secondary N) is 1. The molecule has 1 aromatic heterocycles. The molecule has 1 aromatic rings. The molecular formula is C13H17N3O. The maximum absolute atomic E-state index is 9.83. The lowest BCUT2D eigenvalue weighted by atomic mass is 9.86. The first-order valence-corrected chi connectivity index (χ1v) is 6.08. The van der Waals surface area contributed by atoms with Crippen LogP contribution in [0.5, 0.6) is 0 Å². The Kier molecular flexibility index (Phi) is 3.94. The smallest absolute Gasteiger partial charge is 0.142 e. The van der Waals surface area contributed by atoms with Gasteiger partial charge in [-0.05, 0) is 25.0 Å². The molecule has 1 aliphatic rings. The van der Waals surface area contributed by atoms with E-state index in [0.29, 0.717) is 17.4 Å². The second-order valence-electron chi connectivity index (χ2n) is 4.51. The number of rotatable bonds is 3. The van der Waals surface area contributed by atoms with Gasteiger partial charge in [-0.3, -0.25) is 0 Å². The molecule has 17 heavy (non-hydrogen) atoms. The van der Waals surface area contributed by atoms with Crippen molar-refractivity contribution < 1.29 is 5.11 Å². The number of aliphatic hydroxyl groups is 1. The Bertz CT molecular complexity index is 413. The summed E-state index contributed by atoms with van der Waals surface area (Å²) in [7, 11) is 0. The molecule has 2 unspecified atom stereocenters. The summed E-state index contributed by atoms with van der Waals surface area (Å²) in [5, 5.41) is 21.8. The zero-order chi connectivity index (χ0) is 12.1. The van der Waals surface area contributed by atoms with Gasteiger partial charge in [0.15, 0.2) is 0 Å². The van der Waals surface area contributed by atoms with Crippen LogP contribution in [-0.2, 0) is 0 Å². The minimum atomic E-state index is -0.199. The van der Waals surface area contributed by atoms with E-state index in [2.05, 4.69) is 10.3 Å². The molecule has 4 nitrogen and oxygen atoms in total. The Morgan fingerprint density at radius 3 is 3.00 bits per heavy atom. The zero-order valence-electron chi connectivity index (χ0n) is 9.76. The fourth-order valence-corrected chi connectivity index (χ4v) is 2.26. The van der Waals surface area contributed by atoms with E-state index in [9.17, 15) is 5.11 Å². The molecule has 1 saturated carbocycles. The van der Waals surface area contributed by atoms with E-state index in [0.717, 1.165) is 25.8 Å². The molecule has 2 atom stereocenters. The Balaban J connectivity index is 1.90. The van der Waals surface area contributed by atoms with Crippen molar-refractivity contribution in [3.8, 4) is 6.07 Å². The standard InChI is InChI=1S/C13H17N3O/c14-8-11-5-3-7-13(16-11)15-9-10-4-1-2-6-12(10)17/h3,5,7,10,12,17H,1-2,4,6,9H2,(H,15,16). The molecule has 0 bridgehead atoms. The van der Waals surface area contributed by atoms with E-state index in [1.165, 1.54) is 6.42 Å². The highest BCUT2D eigenvalue weighted by atomic mass is 16.3. The quantitative estimate of drug-likeness (QED) is 0.833. The molecule has 0 amide bonds. The summed E-state index contributed by atoms with van der Waals surface area (Å²) < 4.78 is 0. The fourth-order valence-electron chi connectivity index (χ4n) is 2.26. The third-order valence-corrected chi connectivity index (χ3v) is 3.28. The Morgan fingerprint density at radius 1 is 1.41 bits per heavy atom. The Labute approximate surface area is 101 Å². The van der Waals surface area contributed by atoms with Crippen molar-refractivity contribution in [3.05, 3.63) is 23.9 Å². The number of hydrogen-bond acceptors (Lipinski definition) is 4.